The van der Waals surface area contributed by atoms with Crippen LogP contribution in [0.1, 0.15) is 24.5 Å². The van der Waals surface area contributed by atoms with Gasteiger partial charge in [-0.15, -0.1) is 0 Å². The van der Waals surface area contributed by atoms with Crippen LogP contribution in [-0.2, 0) is 13.2 Å². The second-order valence-corrected chi connectivity index (χ2v) is 5.63. The Morgan fingerprint density at radius 2 is 1.83 bits per heavy atom. The monoisotopic (exact) mass is 309 g/mol. The van der Waals surface area contributed by atoms with Crippen LogP contribution in [0, 0.1) is 0 Å². The highest BCUT2D eigenvalue weighted by Crippen LogP contribution is 2.17. The highest BCUT2D eigenvalue weighted by molar-refractivity contribution is 5.83. The van der Waals surface area contributed by atoms with E-state index in [-0.39, 0.29) is 0 Å². The van der Waals surface area contributed by atoms with Crippen molar-refractivity contribution in [1.29, 1.82) is 0 Å². The Kier molecular flexibility index (Phi) is 5.14. The molecule has 0 saturated heterocycles. The van der Waals surface area contributed by atoms with Crippen LogP contribution in [0.2, 0.25) is 0 Å². The quantitative estimate of drug-likeness (QED) is 0.888. The summed E-state index contributed by atoms with van der Waals surface area (Å²) in [5.74, 6) is 1.99. The Balaban J connectivity index is 1.51. The summed E-state index contributed by atoms with van der Waals surface area (Å²) in [6.45, 7) is 5.45. The van der Waals surface area contributed by atoms with Gasteiger partial charge in [-0.1, -0.05) is 42.5 Å². The van der Waals surface area contributed by atoms with Crippen LogP contribution in [0.15, 0.2) is 59.7 Å². The topological polar surface area (TPSA) is 36.9 Å². The zero-order valence-electron chi connectivity index (χ0n) is 13.5. The van der Waals surface area contributed by atoms with Gasteiger partial charge in [-0.25, -0.2) is 0 Å². The van der Waals surface area contributed by atoms with Gasteiger partial charge in [0.25, 0.3) is 0 Å². The fourth-order valence-electron chi connectivity index (χ4n) is 2.59. The van der Waals surface area contributed by atoms with Crippen LogP contribution < -0.4 is 10.1 Å². The van der Waals surface area contributed by atoms with Crippen molar-refractivity contribution < 1.29 is 4.74 Å². The molecule has 1 N–H and O–H groups in total. The number of rotatable bonds is 6. The molecule has 1 aliphatic heterocycles. The molecule has 0 bridgehead atoms. The lowest BCUT2D eigenvalue weighted by molar-refractivity contribution is 0.303. The molecule has 0 saturated carbocycles. The molecule has 0 fully saturated rings. The maximum atomic E-state index is 5.81. The van der Waals surface area contributed by atoms with Gasteiger partial charge in [-0.3, -0.25) is 5.01 Å². The van der Waals surface area contributed by atoms with Gasteiger partial charge in [0, 0.05) is 19.5 Å². The molecule has 1 heterocycles. The Hall–Kier alpha value is -2.49. The number of hydrogen-bond donors (Lipinski definition) is 1. The number of hydrazone groups is 1. The summed E-state index contributed by atoms with van der Waals surface area (Å²) in [5.41, 5.74) is 2.43. The number of benzene rings is 2. The number of nitrogens with zero attached hydrogens (tertiary/aromatic N) is 2. The van der Waals surface area contributed by atoms with E-state index in [1.807, 2.05) is 30.3 Å². The van der Waals surface area contributed by atoms with Crippen molar-refractivity contribution in [1.82, 2.24) is 10.3 Å². The number of hydrogen-bond acceptors (Lipinski definition) is 4. The lowest BCUT2D eigenvalue weighted by Gasteiger charge is -2.13. The molecule has 23 heavy (non-hydrogen) atoms. The summed E-state index contributed by atoms with van der Waals surface area (Å²) in [5, 5.41) is 9.98. The minimum Gasteiger partial charge on any atom is -0.489 e. The summed E-state index contributed by atoms with van der Waals surface area (Å²) in [6, 6.07) is 18.5. The molecule has 3 rings (SSSR count). The summed E-state index contributed by atoms with van der Waals surface area (Å²) < 4.78 is 5.81. The van der Waals surface area contributed by atoms with Crippen LogP contribution in [0.4, 0.5) is 0 Å². The predicted molar refractivity (Wildman–Crippen MR) is 93.4 cm³/mol. The lowest BCUT2D eigenvalue weighted by atomic mass is 10.2. The van der Waals surface area contributed by atoms with Gasteiger partial charge in [-0.2, -0.15) is 5.10 Å². The van der Waals surface area contributed by atoms with E-state index in [0.29, 0.717) is 6.61 Å². The highest BCUT2D eigenvalue weighted by Gasteiger charge is 2.13. The van der Waals surface area contributed by atoms with Crippen LogP contribution in [0.5, 0.6) is 5.75 Å². The van der Waals surface area contributed by atoms with Crippen molar-refractivity contribution in [3.63, 3.8) is 0 Å². The van der Waals surface area contributed by atoms with Gasteiger partial charge in [0.15, 0.2) is 0 Å². The molecule has 4 nitrogen and oxygen atoms in total. The van der Waals surface area contributed by atoms with E-state index in [2.05, 4.69) is 46.6 Å². The average molecular weight is 309 g/mol. The van der Waals surface area contributed by atoms with Gasteiger partial charge < -0.3 is 10.1 Å². The molecular weight excluding hydrogens is 286 g/mol. The van der Waals surface area contributed by atoms with E-state index in [1.54, 1.807) is 0 Å². The molecule has 0 unspecified atom stereocenters. The number of ether oxygens (including phenoxy) is 1. The zero-order valence-corrected chi connectivity index (χ0v) is 13.5. The molecule has 0 atom stereocenters. The molecule has 2 aromatic carbocycles. The van der Waals surface area contributed by atoms with Crippen molar-refractivity contribution in [3.05, 3.63) is 65.7 Å². The fraction of sp³-hybridized carbons (Fsp3) is 0.316. The Morgan fingerprint density at radius 3 is 2.57 bits per heavy atom. The van der Waals surface area contributed by atoms with Crippen molar-refractivity contribution in [3.8, 4) is 5.75 Å². The van der Waals surface area contributed by atoms with E-state index in [4.69, 9.17) is 4.74 Å². The SMILES string of the molecule is CCNC1=NN(Cc2ccc(OCc3ccccc3)cc2)CC1. The molecule has 120 valence electrons. The number of amidine groups is 1. The normalized spacial score (nSPS) is 13.8. The lowest BCUT2D eigenvalue weighted by Crippen LogP contribution is -2.20. The maximum absolute atomic E-state index is 5.81. The summed E-state index contributed by atoms with van der Waals surface area (Å²) >= 11 is 0. The predicted octanol–water partition coefficient (Wildman–Crippen LogP) is 3.39. The van der Waals surface area contributed by atoms with Gasteiger partial charge >= 0.3 is 0 Å². The first-order valence-electron chi connectivity index (χ1n) is 8.15. The molecule has 4 heteroatoms. The van der Waals surface area contributed by atoms with Crippen molar-refractivity contribution in [2.75, 3.05) is 13.1 Å². The highest BCUT2D eigenvalue weighted by atomic mass is 16.5. The van der Waals surface area contributed by atoms with E-state index in [1.165, 1.54) is 11.1 Å². The first kappa shape index (κ1) is 15.4. The van der Waals surface area contributed by atoms with E-state index < -0.39 is 0 Å². The largest absolute Gasteiger partial charge is 0.489 e. The number of nitrogens with one attached hydrogen (secondary N) is 1. The first-order chi connectivity index (χ1) is 11.3. The Labute approximate surface area is 137 Å². The smallest absolute Gasteiger partial charge is 0.124 e. The van der Waals surface area contributed by atoms with E-state index in [0.717, 1.165) is 37.6 Å². The summed E-state index contributed by atoms with van der Waals surface area (Å²) in [7, 11) is 0. The van der Waals surface area contributed by atoms with E-state index >= 15 is 0 Å². The van der Waals surface area contributed by atoms with Crippen molar-refractivity contribution >= 4 is 5.84 Å². The third kappa shape index (κ3) is 4.49. The zero-order chi connectivity index (χ0) is 15.9. The van der Waals surface area contributed by atoms with Crippen molar-refractivity contribution in [2.45, 2.75) is 26.5 Å². The Bertz CT molecular complexity index is 637. The third-order valence-corrected chi connectivity index (χ3v) is 3.79. The van der Waals surface area contributed by atoms with Crippen LogP contribution in [0.25, 0.3) is 0 Å². The fourth-order valence-corrected chi connectivity index (χ4v) is 2.59. The van der Waals surface area contributed by atoms with Gasteiger partial charge in [0.2, 0.25) is 0 Å². The molecule has 0 radical (unpaired) electrons. The minimum absolute atomic E-state index is 0.600. The van der Waals surface area contributed by atoms with Crippen LogP contribution in [-0.4, -0.2) is 23.9 Å². The third-order valence-electron chi connectivity index (χ3n) is 3.79. The molecule has 0 aromatic heterocycles. The summed E-state index contributed by atoms with van der Waals surface area (Å²) in [4.78, 5) is 0. The average Bonchev–Trinajstić information content (AvgIpc) is 3.03. The molecular formula is C19H23N3O. The van der Waals surface area contributed by atoms with Crippen LogP contribution >= 0.6 is 0 Å². The Morgan fingerprint density at radius 1 is 1.04 bits per heavy atom. The van der Waals surface area contributed by atoms with Crippen LogP contribution in [0.3, 0.4) is 0 Å². The first-order valence-corrected chi connectivity index (χ1v) is 8.15. The molecule has 0 aliphatic carbocycles. The standard InChI is InChI=1S/C19H23N3O/c1-2-20-19-12-13-22(21-19)14-16-8-10-18(11-9-16)23-15-17-6-4-3-5-7-17/h3-11H,2,12-15H2,1H3,(H,20,21). The summed E-state index contributed by atoms with van der Waals surface area (Å²) in [6.07, 6.45) is 1.01. The molecule has 1 aliphatic rings. The van der Waals surface area contributed by atoms with Crippen molar-refractivity contribution in [2.24, 2.45) is 5.10 Å². The second-order valence-electron chi connectivity index (χ2n) is 5.63. The minimum atomic E-state index is 0.600. The molecule has 0 spiro atoms. The maximum Gasteiger partial charge on any atom is 0.124 e. The van der Waals surface area contributed by atoms with Gasteiger partial charge in [0.1, 0.15) is 18.2 Å². The van der Waals surface area contributed by atoms with Gasteiger partial charge in [0.05, 0.1) is 6.54 Å². The molecule has 0 amide bonds. The van der Waals surface area contributed by atoms with E-state index in [9.17, 15) is 0 Å². The van der Waals surface area contributed by atoms with Gasteiger partial charge in [-0.05, 0) is 30.2 Å². The molecule has 2 aromatic rings. The second kappa shape index (κ2) is 7.68.